The molecule has 0 aromatic rings. The van der Waals surface area contributed by atoms with E-state index in [2.05, 4.69) is 18.7 Å². The summed E-state index contributed by atoms with van der Waals surface area (Å²) in [5, 5.41) is 0. The van der Waals surface area contributed by atoms with Crippen LogP contribution in [0.2, 0.25) is 0 Å². The lowest BCUT2D eigenvalue weighted by atomic mass is 9.80. The van der Waals surface area contributed by atoms with E-state index in [4.69, 9.17) is 5.73 Å². The van der Waals surface area contributed by atoms with E-state index < -0.39 is 0 Å². The number of carbonyl (C=O) groups is 1. The van der Waals surface area contributed by atoms with E-state index in [-0.39, 0.29) is 5.92 Å². The highest BCUT2D eigenvalue weighted by Crippen LogP contribution is 2.32. The molecule has 0 aromatic heterocycles. The molecule has 2 N–H and O–H groups in total. The highest BCUT2D eigenvalue weighted by Gasteiger charge is 2.34. The average molecular weight is 252 g/mol. The second kappa shape index (κ2) is 6.05. The zero-order valence-corrected chi connectivity index (χ0v) is 11.9. The second-order valence-corrected chi connectivity index (χ2v) is 6.35. The van der Waals surface area contributed by atoms with Gasteiger partial charge in [0, 0.05) is 18.5 Å². The summed E-state index contributed by atoms with van der Waals surface area (Å²) in [4.78, 5) is 14.8. The van der Waals surface area contributed by atoms with Crippen LogP contribution in [-0.2, 0) is 4.79 Å². The molecule has 0 aromatic carbocycles. The van der Waals surface area contributed by atoms with Crippen molar-refractivity contribution >= 4 is 5.91 Å². The molecule has 0 radical (unpaired) electrons. The van der Waals surface area contributed by atoms with Gasteiger partial charge in [-0.05, 0) is 63.8 Å². The van der Waals surface area contributed by atoms with Crippen molar-refractivity contribution in [3.8, 4) is 0 Å². The van der Waals surface area contributed by atoms with Crippen molar-refractivity contribution in [2.24, 2.45) is 23.5 Å². The van der Waals surface area contributed by atoms with Gasteiger partial charge in [0.05, 0.1) is 0 Å². The molecule has 2 atom stereocenters. The monoisotopic (exact) mass is 252 g/mol. The Balaban J connectivity index is 1.91. The van der Waals surface area contributed by atoms with Crippen LogP contribution >= 0.6 is 0 Å². The van der Waals surface area contributed by atoms with E-state index in [1.165, 1.54) is 12.8 Å². The zero-order chi connectivity index (χ0) is 13.1. The highest BCUT2D eigenvalue weighted by atomic mass is 16.2. The number of hydrogen-bond acceptors (Lipinski definition) is 2. The predicted molar refractivity (Wildman–Crippen MR) is 74.1 cm³/mol. The summed E-state index contributed by atoms with van der Waals surface area (Å²) < 4.78 is 0. The SMILES string of the molecule is CC1CCCN(C(=O)C2CCC(CN)CC2)C1C. The van der Waals surface area contributed by atoms with E-state index in [1.54, 1.807) is 0 Å². The minimum absolute atomic E-state index is 0.278. The fourth-order valence-corrected chi connectivity index (χ4v) is 3.53. The van der Waals surface area contributed by atoms with Crippen molar-refractivity contribution in [1.29, 1.82) is 0 Å². The molecule has 0 bridgehead atoms. The molecular formula is C15H28N2O. The molecule has 3 heteroatoms. The molecule has 1 heterocycles. The Morgan fingerprint density at radius 3 is 2.44 bits per heavy atom. The molecule has 0 spiro atoms. The number of carbonyl (C=O) groups excluding carboxylic acids is 1. The lowest BCUT2D eigenvalue weighted by molar-refractivity contribution is -0.141. The fraction of sp³-hybridized carbons (Fsp3) is 0.933. The first-order chi connectivity index (χ1) is 8.63. The number of likely N-dealkylation sites (tertiary alicyclic amines) is 1. The predicted octanol–water partition coefficient (Wildman–Crippen LogP) is 2.40. The summed E-state index contributed by atoms with van der Waals surface area (Å²) in [5.74, 6) is 2.01. The number of amides is 1. The molecule has 2 rings (SSSR count). The van der Waals surface area contributed by atoms with Gasteiger partial charge in [0.15, 0.2) is 0 Å². The summed E-state index contributed by atoms with van der Waals surface area (Å²) in [6.45, 7) is 6.25. The molecule has 2 fully saturated rings. The number of nitrogens with zero attached hydrogens (tertiary/aromatic N) is 1. The van der Waals surface area contributed by atoms with Crippen molar-refractivity contribution in [3.63, 3.8) is 0 Å². The summed E-state index contributed by atoms with van der Waals surface area (Å²) in [6.07, 6.45) is 6.84. The Labute approximate surface area is 111 Å². The van der Waals surface area contributed by atoms with Gasteiger partial charge in [-0.1, -0.05) is 6.92 Å². The third-order valence-electron chi connectivity index (χ3n) is 5.19. The molecule has 1 aliphatic carbocycles. The third-order valence-corrected chi connectivity index (χ3v) is 5.19. The van der Waals surface area contributed by atoms with Crippen LogP contribution in [0.4, 0.5) is 0 Å². The van der Waals surface area contributed by atoms with Crippen molar-refractivity contribution in [2.75, 3.05) is 13.1 Å². The van der Waals surface area contributed by atoms with Crippen LogP contribution in [0.25, 0.3) is 0 Å². The van der Waals surface area contributed by atoms with Crippen LogP contribution in [0.3, 0.4) is 0 Å². The Morgan fingerprint density at radius 1 is 1.17 bits per heavy atom. The van der Waals surface area contributed by atoms with Gasteiger partial charge in [0.1, 0.15) is 0 Å². The standard InChI is InChI=1S/C15H28N2O/c1-11-4-3-9-17(12(11)2)15(18)14-7-5-13(10-16)6-8-14/h11-14H,3-10,16H2,1-2H3. The van der Waals surface area contributed by atoms with E-state index in [9.17, 15) is 4.79 Å². The Hall–Kier alpha value is -0.570. The number of piperidine rings is 1. The van der Waals surface area contributed by atoms with E-state index in [0.29, 0.717) is 23.8 Å². The fourth-order valence-electron chi connectivity index (χ4n) is 3.53. The molecule has 2 aliphatic rings. The van der Waals surface area contributed by atoms with Crippen LogP contribution in [0.15, 0.2) is 0 Å². The normalized spacial score (nSPS) is 37.6. The molecule has 3 nitrogen and oxygen atoms in total. The Bertz CT molecular complexity index is 284. The summed E-state index contributed by atoms with van der Waals surface area (Å²) in [6, 6.07) is 0.429. The largest absolute Gasteiger partial charge is 0.339 e. The van der Waals surface area contributed by atoms with Gasteiger partial charge < -0.3 is 10.6 Å². The summed E-state index contributed by atoms with van der Waals surface area (Å²) >= 11 is 0. The van der Waals surface area contributed by atoms with E-state index >= 15 is 0 Å². The number of rotatable bonds is 2. The zero-order valence-electron chi connectivity index (χ0n) is 11.9. The molecule has 18 heavy (non-hydrogen) atoms. The molecule has 1 saturated carbocycles. The molecule has 104 valence electrons. The van der Waals surface area contributed by atoms with Gasteiger partial charge in [-0.3, -0.25) is 4.79 Å². The van der Waals surface area contributed by atoms with Crippen molar-refractivity contribution < 1.29 is 4.79 Å². The Morgan fingerprint density at radius 2 is 1.83 bits per heavy atom. The smallest absolute Gasteiger partial charge is 0.225 e. The summed E-state index contributed by atoms with van der Waals surface area (Å²) in [7, 11) is 0. The first kappa shape index (κ1) is 13.9. The van der Waals surface area contributed by atoms with Crippen molar-refractivity contribution in [1.82, 2.24) is 4.90 Å². The minimum atomic E-state index is 0.278. The van der Waals surface area contributed by atoms with Crippen LogP contribution in [0, 0.1) is 17.8 Å². The van der Waals surface area contributed by atoms with E-state index in [0.717, 1.165) is 38.8 Å². The maximum Gasteiger partial charge on any atom is 0.225 e. The van der Waals surface area contributed by atoms with Gasteiger partial charge in [0.2, 0.25) is 5.91 Å². The van der Waals surface area contributed by atoms with E-state index in [1.807, 2.05) is 0 Å². The van der Waals surface area contributed by atoms with Crippen molar-refractivity contribution in [3.05, 3.63) is 0 Å². The second-order valence-electron chi connectivity index (χ2n) is 6.35. The first-order valence-electron chi connectivity index (χ1n) is 7.64. The maximum atomic E-state index is 12.6. The highest BCUT2D eigenvalue weighted by molar-refractivity contribution is 5.79. The quantitative estimate of drug-likeness (QED) is 0.820. The number of nitrogens with two attached hydrogens (primary N) is 1. The molecule has 1 amide bonds. The lowest BCUT2D eigenvalue weighted by Gasteiger charge is -2.41. The van der Waals surface area contributed by atoms with Crippen LogP contribution in [-0.4, -0.2) is 29.9 Å². The van der Waals surface area contributed by atoms with Gasteiger partial charge in [-0.2, -0.15) is 0 Å². The van der Waals surface area contributed by atoms with Gasteiger partial charge >= 0.3 is 0 Å². The topological polar surface area (TPSA) is 46.3 Å². The number of hydrogen-bond donors (Lipinski definition) is 1. The lowest BCUT2D eigenvalue weighted by Crippen LogP contribution is -2.49. The van der Waals surface area contributed by atoms with Crippen LogP contribution in [0.1, 0.15) is 52.4 Å². The maximum absolute atomic E-state index is 12.6. The molecule has 2 unspecified atom stereocenters. The van der Waals surface area contributed by atoms with Crippen LogP contribution < -0.4 is 5.73 Å². The molecular weight excluding hydrogens is 224 g/mol. The Kier molecular flexibility index (Phi) is 4.66. The van der Waals surface area contributed by atoms with Crippen LogP contribution in [0.5, 0.6) is 0 Å². The van der Waals surface area contributed by atoms with Gasteiger partial charge in [-0.25, -0.2) is 0 Å². The molecule has 1 saturated heterocycles. The van der Waals surface area contributed by atoms with Gasteiger partial charge in [0.25, 0.3) is 0 Å². The average Bonchev–Trinajstić information content (AvgIpc) is 2.41. The van der Waals surface area contributed by atoms with Crippen molar-refractivity contribution in [2.45, 2.75) is 58.4 Å². The third kappa shape index (κ3) is 2.87. The minimum Gasteiger partial charge on any atom is -0.339 e. The van der Waals surface area contributed by atoms with Gasteiger partial charge in [-0.15, -0.1) is 0 Å². The first-order valence-corrected chi connectivity index (χ1v) is 7.64. The molecule has 1 aliphatic heterocycles. The summed E-state index contributed by atoms with van der Waals surface area (Å²) in [5.41, 5.74) is 5.71.